The van der Waals surface area contributed by atoms with E-state index in [-0.39, 0.29) is 23.3 Å². The number of nitrogens with one attached hydrogen (secondary N) is 2. The minimum Gasteiger partial charge on any atom is -0.369 e. The standard InChI is InChI=1S/C18H19FN4O2S/c1-18(15(25-3)16(24)23(2)17(21)22-18)14-7-12(9-26-14)10-4-5-13(19)11(6-10)8-20/h4-7,12,15H,9H2,1-3H3,(H2,21,22). The Morgan fingerprint density at radius 2 is 2.27 bits per heavy atom. The Kier molecular flexibility index (Phi) is 4.78. The molecule has 1 saturated heterocycles. The van der Waals surface area contributed by atoms with E-state index in [4.69, 9.17) is 15.4 Å². The van der Waals surface area contributed by atoms with Crippen molar-refractivity contribution >= 4 is 23.6 Å². The van der Waals surface area contributed by atoms with Crippen LogP contribution in [0.3, 0.4) is 0 Å². The molecule has 2 aliphatic rings. The molecule has 1 amide bonds. The molecule has 2 heterocycles. The molecule has 26 heavy (non-hydrogen) atoms. The van der Waals surface area contributed by atoms with Crippen LogP contribution in [0.15, 0.2) is 29.2 Å². The first-order valence-corrected chi connectivity index (χ1v) is 9.02. The van der Waals surface area contributed by atoms with E-state index in [0.29, 0.717) is 5.75 Å². The first-order valence-electron chi connectivity index (χ1n) is 8.03. The van der Waals surface area contributed by atoms with E-state index >= 15 is 0 Å². The molecule has 0 aromatic heterocycles. The molecule has 0 radical (unpaired) electrons. The second-order valence-corrected chi connectivity index (χ2v) is 7.55. The number of hydrogen-bond acceptors (Lipinski definition) is 5. The summed E-state index contributed by atoms with van der Waals surface area (Å²) in [5.74, 6) is -0.102. The molecule has 0 aliphatic carbocycles. The SMILES string of the molecule is COC1C(=O)N(C)C(=N)NC1(C)C1=CC(c2ccc(F)c(C#N)c2)CS1. The number of nitriles is 1. The highest BCUT2D eigenvalue weighted by molar-refractivity contribution is 8.03. The van der Waals surface area contributed by atoms with Gasteiger partial charge in [0, 0.05) is 30.7 Å². The van der Waals surface area contributed by atoms with Crippen LogP contribution in [0.1, 0.15) is 24.0 Å². The summed E-state index contributed by atoms with van der Waals surface area (Å²) in [5.41, 5.74) is 0.00877. The Morgan fingerprint density at radius 3 is 2.92 bits per heavy atom. The average Bonchev–Trinajstić information content (AvgIpc) is 3.11. The molecule has 1 fully saturated rings. The summed E-state index contributed by atoms with van der Waals surface area (Å²) < 4.78 is 19.0. The maximum atomic E-state index is 13.6. The van der Waals surface area contributed by atoms with Crippen LogP contribution in [0.2, 0.25) is 0 Å². The first-order chi connectivity index (χ1) is 12.3. The number of allylic oxidation sites excluding steroid dienone is 1. The van der Waals surface area contributed by atoms with Gasteiger partial charge < -0.3 is 10.1 Å². The lowest BCUT2D eigenvalue weighted by Gasteiger charge is -2.44. The number of rotatable bonds is 3. The minimum absolute atomic E-state index is 0.0113. The molecule has 0 saturated carbocycles. The third-order valence-corrected chi connectivity index (χ3v) is 6.25. The van der Waals surface area contributed by atoms with Crippen molar-refractivity contribution in [3.63, 3.8) is 0 Å². The summed E-state index contributed by atoms with van der Waals surface area (Å²) in [4.78, 5) is 14.6. The number of methoxy groups -OCH3 is 1. The van der Waals surface area contributed by atoms with Gasteiger partial charge in [0.25, 0.3) is 5.91 Å². The zero-order chi connectivity index (χ0) is 19.1. The van der Waals surface area contributed by atoms with Crippen LogP contribution in [-0.2, 0) is 9.53 Å². The maximum Gasteiger partial charge on any atom is 0.260 e. The quantitative estimate of drug-likeness (QED) is 0.847. The van der Waals surface area contributed by atoms with Crippen molar-refractivity contribution in [3.8, 4) is 6.07 Å². The highest BCUT2D eigenvalue weighted by Gasteiger charge is 2.50. The van der Waals surface area contributed by atoms with Gasteiger partial charge in [0.2, 0.25) is 0 Å². The largest absolute Gasteiger partial charge is 0.369 e. The van der Waals surface area contributed by atoms with Gasteiger partial charge in [0.1, 0.15) is 17.4 Å². The smallest absolute Gasteiger partial charge is 0.260 e. The van der Waals surface area contributed by atoms with Crippen LogP contribution in [0.25, 0.3) is 0 Å². The predicted octanol–water partition coefficient (Wildman–Crippen LogP) is 2.18. The molecule has 2 N–H and O–H groups in total. The van der Waals surface area contributed by atoms with Crippen LogP contribution in [0.5, 0.6) is 0 Å². The number of likely N-dealkylation sites (N-methyl/N-ethyl adjacent to an activating group) is 1. The molecule has 3 atom stereocenters. The van der Waals surface area contributed by atoms with E-state index in [1.54, 1.807) is 23.9 Å². The lowest BCUT2D eigenvalue weighted by Crippen LogP contribution is -2.69. The minimum atomic E-state index is -0.854. The Hall–Kier alpha value is -2.37. The van der Waals surface area contributed by atoms with E-state index in [0.717, 1.165) is 10.5 Å². The van der Waals surface area contributed by atoms with Crippen LogP contribution in [0, 0.1) is 22.6 Å². The van der Waals surface area contributed by atoms with Crippen molar-refractivity contribution in [1.82, 2.24) is 10.2 Å². The summed E-state index contributed by atoms with van der Waals surface area (Å²) >= 11 is 1.57. The van der Waals surface area contributed by atoms with Gasteiger partial charge in [-0.25, -0.2) is 4.39 Å². The lowest BCUT2D eigenvalue weighted by atomic mass is 9.88. The summed E-state index contributed by atoms with van der Waals surface area (Å²) in [6, 6.07) is 6.40. The summed E-state index contributed by atoms with van der Waals surface area (Å²) in [6.07, 6.45) is 1.24. The number of guanidine groups is 1. The van der Waals surface area contributed by atoms with Gasteiger partial charge in [-0.3, -0.25) is 15.1 Å². The number of halogens is 1. The van der Waals surface area contributed by atoms with Crippen molar-refractivity contribution in [1.29, 1.82) is 10.7 Å². The number of ether oxygens (including phenoxy) is 1. The van der Waals surface area contributed by atoms with Crippen molar-refractivity contribution in [2.24, 2.45) is 0 Å². The van der Waals surface area contributed by atoms with Crippen LogP contribution in [-0.4, -0.2) is 48.3 Å². The van der Waals surface area contributed by atoms with Gasteiger partial charge >= 0.3 is 0 Å². The normalized spacial score (nSPS) is 28.6. The van der Waals surface area contributed by atoms with Gasteiger partial charge in [0.05, 0.1) is 5.56 Å². The molecule has 3 unspecified atom stereocenters. The Bertz CT molecular complexity index is 850. The number of benzene rings is 1. The molecule has 8 heteroatoms. The Morgan fingerprint density at radius 1 is 1.54 bits per heavy atom. The Balaban J connectivity index is 1.94. The van der Waals surface area contributed by atoms with Crippen molar-refractivity contribution < 1.29 is 13.9 Å². The lowest BCUT2D eigenvalue weighted by molar-refractivity contribution is -0.142. The number of nitrogens with zero attached hydrogens (tertiary/aromatic N) is 2. The number of carbonyl (C=O) groups is 1. The molecule has 3 rings (SSSR count). The molecule has 0 bridgehead atoms. The molecule has 0 spiro atoms. The monoisotopic (exact) mass is 374 g/mol. The van der Waals surface area contributed by atoms with Crippen LogP contribution in [0.4, 0.5) is 4.39 Å². The topological polar surface area (TPSA) is 89.2 Å². The molecule has 6 nitrogen and oxygen atoms in total. The number of carbonyl (C=O) groups excluding carboxylic acids is 1. The summed E-state index contributed by atoms with van der Waals surface area (Å²) in [6.45, 7) is 1.84. The van der Waals surface area contributed by atoms with E-state index < -0.39 is 17.5 Å². The fraction of sp³-hybridized carbons (Fsp3) is 0.389. The second-order valence-electron chi connectivity index (χ2n) is 6.49. The molecule has 136 valence electrons. The average molecular weight is 374 g/mol. The highest BCUT2D eigenvalue weighted by Crippen LogP contribution is 2.44. The predicted molar refractivity (Wildman–Crippen MR) is 97.2 cm³/mol. The second kappa shape index (κ2) is 6.74. The third kappa shape index (κ3) is 2.87. The zero-order valence-electron chi connectivity index (χ0n) is 14.7. The Labute approximate surface area is 155 Å². The molecule has 1 aromatic rings. The van der Waals surface area contributed by atoms with Crippen molar-refractivity contribution in [2.75, 3.05) is 19.9 Å². The van der Waals surface area contributed by atoms with Gasteiger partial charge in [-0.2, -0.15) is 5.26 Å². The van der Waals surface area contributed by atoms with E-state index in [2.05, 4.69) is 5.32 Å². The zero-order valence-corrected chi connectivity index (χ0v) is 15.5. The third-order valence-electron chi connectivity index (χ3n) is 4.85. The van der Waals surface area contributed by atoms with Gasteiger partial charge in [-0.15, -0.1) is 11.8 Å². The molecule has 2 aliphatic heterocycles. The maximum absolute atomic E-state index is 13.6. The van der Waals surface area contributed by atoms with E-state index in [9.17, 15) is 9.18 Å². The van der Waals surface area contributed by atoms with Gasteiger partial charge in [-0.1, -0.05) is 12.1 Å². The van der Waals surface area contributed by atoms with Crippen molar-refractivity contribution in [2.45, 2.75) is 24.5 Å². The van der Waals surface area contributed by atoms with E-state index in [1.165, 1.54) is 25.1 Å². The molecular weight excluding hydrogens is 355 g/mol. The van der Waals surface area contributed by atoms with Crippen LogP contribution < -0.4 is 5.32 Å². The fourth-order valence-corrected chi connectivity index (χ4v) is 4.66. The molecule has 1 aromatic carbocycles. The van der Waals surface area contributed by atoms with Gasteiger partial charge in [-0.05, 0) is 24.6 Å². The summed E-state index contributed by atoms with van der Waals surface area (Å²) in [5, 5.41) is 20.1. The van der Waals surface area contributed by atoms with Crippen LogP contribution >= 0.6 is 11.8 Å². The number of amides is 1. The van der Waals surface area contributed by atoms with E-state index in [1.807, 2.05) is 19.1 Å². The number of thioether (sulfide) groups is 1. The first kappa shape index (κ1) is 18.4. The summed E-state index contributed by atoms with van der Waals surface area (Å²) in [7, 11) is 3.01. The highest BCUT2D eigenvalue weighted by atomic mass is 32.2. The fourth-order valence-electron chi connectivity index (χ4n) is 3.29. The van der Waals surface area contributed by atoms with Gasteiger partial charge in [0.15, 0.2) is 12.1 Å². The number of hydrogen-bond donors (Lipinski definition) is 2. The van der Waals surface area contributed by atoms with Crippen molar-refractivity contribution in [3.05, 3.63) is 46.1 Å². The molecular formula is C18H19FN4O2S.